The Hall–Kier alpha value is -3.41. The van der Waals surface area contributed by atoms with Crippen molar-refractivity contribution < 1.29 is 18.7 Å². The molecule has 4 rings (SSSR count). The predicted octanol–water partition coefficient (Wildman–Crippen LogP) is 5.23. The lowest BCUT2D eigenvalue weighted by Crippen LogP contribution is -2.39. The maximum absolute atomic E-state index is 13.3. The Morgan fingerprint density at radius 1 is 1.06 bits per heavy atom. The van der Waals surface area contributed by atoms with Gasteiger partial charge in [-0.05, 0) is 67.3 Å². The Morgan fingerprint density at radius 2 is 1.84 bits per heavy atom. The van der Waals surface area contributed by atoms with Gasteiger partial charge >= 0.3 is 0 Å². The van der Waals surface area contributed by atoms with Crippen molar-refractivity contribution in [2.45, 2.75) is 25.7 Å². The molecule has 0 aliphatic carbocycles. The first-order valence-corrected chi connectivity index (χ1v) is 10.7. The molecule has 6 heteroatoms. The molecule has 32 heavy (non-hydrogen) atoms. The zero-order valence-corrected chi connectivity index (χ0v) is 18.6. The summed E-state index contributed by atoms with van der Waals surface area (Å²) in [5.74, 6) is 0.792. The quantitative estimate of drug-likeness (QED) is 0.552. The lowest BCUT2D eigenvalue weighted by atomic mass is 9.91. The summed E-state index contributed by atoms with van der Waals surface area (Å²) in [6, 6.07) is 15.9. The van der Waals surface area contributed by atoms with Crippen molar-refractivity contribution in [2.75, 3.05) is 27.3 Å². The van der Waals surface area contributed by atoms with Crippen LogP contribution in [0.2, 0.25) is 0 Å². The molecule has 1 saturated heterocycles. The van der Waals surface area contributed by atoms with Crippen molar-refractivity contribution in [1.29, 1.82) is 0 Å². The molecule has 0 radical (unpaired) electrons. The van der Waals surface area contributed by atoms with Crippen LogP contribution in [0.5, 0.6) is 11.5 Å². The van der Waals surface area contributed by atoms with Gasteiger partial charge in [-0.2, -0.15) is 0 Å². The summed E-state index contributed by atoms with van der Waals surface area (Å²) in [7, 11) is 3.10. The number of nitrogens with zero attached hydrogens (tertiary/aromatic N) is 2. The van der Waals surface area contributed by atoms with Gasteiger partial charge in [0.25, 0.3) is 5.91 Å². The highest BCUT2D eigenvalue weighted by molar-refractivity contribution is 5.98. The van der Waals surface area contributed by atoms with Crippen molar-refractivity contribution in [1.82, 2.24) is 9.88 Å². The zero-order valence-electron chi connectivity index (χ0n) is 18.6. The molecule has 3 aromatic rings. The average Bonchev–Trinajstić information content (AvgIpc) is 2.83. The average molecular weight is 435 g/mol. The van der Waals surface area contributed by atoms with E-state index in [0.717, 1.165) is 35.4 Å². The van der Waals surface area contributed by atoms with Gasteiger partial charge in [0.1, 0.15) is 5.82 Å². The van der Waals surface area contributed by atoms with Crippen molar-refractivity contribution in [2.24, 2.45) is 0 Å². The van der Waals surface area contributed by atoms with E-state index in [1.54, 1.807) is 44.6 Å². The highest BCUT2D eigenvalue weighted by atomic mass is 19.1. The molecule has 1 fully saturated rings. The number of carbonyl (C=O) groups excluding carboxylic acids is 1. The van der Waals surface area contributed by atoms with Gasteiger partial charge in [0.05, 0.1) is 19.8 Å². The van der Waals surface area contributed by atoms with Crippen molar-refractivity contribution in [3.8, 4) is 22.6 Å². The molecular weight excluding hydrogens is 407 g/mol. The molecule has 1 aliphatic rings. The first kappa shape index (κ1) is 21.8. The van der Waals surface area contributed by atoms with Gasteiger partial charge < -0.3 is 14.4 Å². The van der Waals surface area contributed by atoms with Gasteiger partial charge in [-0.25, -0.2) is 4.39 Å². The number of likely N-dealkylation sites (tertiary alicyclic amines) is 1. The molecule has 166 valence electrons. The fraction of sp³-hybridized carbons (Fsp3) is 0.308. The topological polar surface area (TPSA) is 51.7 Å². The first-order valence-electron chi connectivity index (χ1n) is 10.7. The summed E-state index contributed by atoms with van der Waals surface area (Å²) >= 11 is 0. The van der Waals surface area contributed by atoms with E-state index in [4.69, 9.17) is 14.5 Å². The molecule has 2 heterocycles. The van der Waals surface area contributed by atoms with Gasteiger partial charge in [-0.15, -0.1) is 0 Å². The molecule has 1 aromatic heterocycles. The van der Waals surface area contributed by atoms with E-state index in [-0.39, 0.29) is 17.6 Å². The number of ether oxygens (including phenoxy) is 2. The fourth-order valence-electron chi connectivity index (χ4n) is 4.34. The number of hydrogen-bond donors (Lipinski definition) is 0. The highest BCUT2D eigenvalue weighted by Gasteiger charge is 2.29. The Labute approximate surface area is 187 Å². The van der Waals surface area contributed by atoms with Gasteiger partial charge in [-0.3, -0.25) is 9.78 Å². The minimum Gasteiger partial charge on any atom is -0.493 e. The summed E-state index contributed by atoms with van der Waals surface area (Å²) in [6.07, 6.45) is 1.85. The first-order chi connectivity index (χ1) is 15.5. The van der Waals surface area contributed by atoms with Crippen molar-refractivity contribution >= 4 is 5.91 Å². The number of aryl methyl sites for hydroxylation is 1. The number of amides is 1. The third-order valence-electron chi connectivity index (χ3n) is 5.91. The van der Waals surface area contributed by atoms with E-state index in [2.05, 4.69) is 6.07 Å². The summed E-state index contributed by atoms with van der Waals surface area (Å²) in [5.41, 5.74) is 4.31. The number of para-hydroxylation sites is 1. The molecule has 1 unspecified atom stereocenters. The van der Waals surface area contributed by atoms with Crippen LogP contribution in [0.15, 0.2) is 54.6 Å². The highest BCUT2D eigenvalue weighted by Crippen LogP contribution is 2.34. The number of rotatable bonds is 5. The Bertz CT molecular complexity index is 1110. The van der Waals surface area contributed by atoms with E-state index >= 15 is 0 Å². The number of carbonyl (C=O) groups is 1. The smallest absolute Gasteiger partial charge is 0.257 e. The third kappa shape index (κ3) is 4.44. The van der Waals surface area contributed by atoms with E-state index < -0.39 is 0 Å². The Morgan fingerprint density at radius 3 is 2.56 bits per heavy atom. The number of benzene rings is 2. The van der Waals surface area contributed by atoms with Crippen molar-refractivity contribution in [3.05, 3.63) is 77.4 Å². The van der Waals surface area contributed by atoms with E-state index in [9.17, 15) is 9.18 Å². The van der Waals surface area contributed by atoms with Crippen LogP contribution >= 0.6 is 0 Å². The molecular formula is C26H27FN2O3. The lowest BCUT2D eigenvalue weighted by Gasteiger charge is -2.33. The van der Waals surface area contributed by atoms with E-state index in [0.29, 0.717) is 30.2 Å². The minimum atomic E-state index is -0.255. The Kier molecular flexibility index (Phi) is 6.40. The fourth-order valence-corrected chi connectivity index (χ4v) is 4.34. The van der Waals surface area contributed by atoms with E-state index in [1.165, 1.54) is 12.1 Å². The van der Waals surface area contributed by atoms with Crippen LogP contribution in [0.25, 0.3) is 11.1 Å². The molecule has 0 spiro atoms. The predicted molar refractivity (Wildman–Crippen MR) is 122 cm³/mol. The summed E-state index contributed by atoms with van der Waals surface area (Å²) in [6.45, 7) is 3.23. The molecule has 0 bridgehead atoms. The van der Waals surface area contributed by atoms with Gasteiger partial charge in [0.2, 0.25) is 0 Å². The maximum Gasteiger partial charge on any atom is 0.257 e. The molecule has 5 nitrogen and oxygen atoms in total. The van der Waals surface area contributed by atoms with Crippen LogP contribution < -0.4 is 9.47 Å². The second kappa shape index (κ2) is 9.39. The summed E-state index contributed by atoms with van der Waals surface area (Å²) in [5, 5.41) is 0. The normalized spacial score (nSPS) is 16.0. The van der Waals surface area contributed by atoms with Crippen LogP contribution in [0, 0.1) is 12.7 Å². The molecule has 0 saturated carbocycles. The molecule has 1 amide bonds. The molecule has 1 aliphatic heterocycles. The van der Waals surface area contributed by atoms with Crippen LogP contribution in [0.3, 0.4) is 0 Å². The standard InChI is InChI=1S/C26H27FN2O3/c1-17-14-20(18-9-11-21(27)12-10-18)15-23(28-17)19-6-5-13-29(16-19)26(30)22-7-4-8-24(31-2)25(22)32-3/h4,7-12,14-15,19H,5-6,13,16H2,1-3H3. The van der Waals surface area contributed by atoms with Crippen molar-refractivity contribution in [3.63, 3.8) is 0 Å². The van der Waals surface area contributed by atoms with Gasteiger partial charge in [-0.1, -0.05) is 18.2 Å². The molecule has 1 atom stereocenters. The third-order valence-corrected chi connectivity index (χ3v) is 5.91. The van der Waals surface area contributed by atoms with E-state index in [1.807, 2.05) is 17.9 Å². The molecule has 2 aromatic carbocycles. The second-order valence-corrected chi connectivity index (χ2v) is 8.06. The number of halogens is 1. The minimum absolute atomic E-state index is 0.0724. The number of pyridine rings is 1. The summed E-state index contributed by atoms with van der Waals surface area (Å²) in [4.78, 5) is 20.0. The monoisotopic (exact) mass is 434 g/mol. The maximum atomic E-state index is 13.3. The van der Waals surface area contributed by atoms with Crippen LogP contribution in [-0.4, -0.2) is 43.1 Å². The number of aromatic nitrogens is 1. The Balaban J connectivity index is 1.60. The van der Waals surface area contributed by atoms with Gasteiger partial charge in [0, 0.05) is 30.4 Å². The largest absolute Gasteiger partial charge is 0.493 e. The summed E-state index contributed by atoms with van der Waals surface area (Å²) < 4.78 is 24.2. The zero-order chi connectivity index (χ0) is 22.7. The van der Waals surface area contributed by atoms with Crippen LogP contribution in [0.1, 0.15) is 40.5 Å². The molecule has 0 N–H and O–H groups in total. The number of hydrogen-bond acceptors (Lipinski definition) is 4. The number of methoxy groups -OCH3 is 2. The second-order valence-electron chi connectivity index (χ2n) is 8.06. The lowest BCUT2D eigenvalue weighted by molar-refractivity contribution is 0.0702. The number of piperidine rings is 1. The SMILES string of the molecule is COc1cccc(C(=O)N2CCCC(c3cc(-c4ccc(F)cc4)cc(C)n3)C2)c1OC. The van der Waals surface area contributed by atoms with Crippen LogP contribution in [-0.2, 0) is 0 Å². The van der Waals surface area contributed by atoms with Gasteiger partial charge in [0.15, 0.2) is 11.5 Å². The van der Waals surface area contributed by atoms with Crippen LogP contribution in [0.4, 0.5) is 4.39 Å².